The highest BCUT2D eigenvalue weighted by atomic mass is 16.5. The number of allylic oxidation sites excluding steroid dienone is 1. The third-order valence-corrected chi connectivity index (χ3v) is 3.13. The molecule has 0 aliphatic rings. The molecule has 0 aliphatic heterocycles. The molecule has 0 unspecified atom stereocenters. The van der Waals surface area contributed by atoms with Crippen molar-refractivity contribution in [2.24, 2.45) is 0 Å². The van der Waals surface area contributed by atoms with Crippen LogP contribution >= 0.6 is 0 Å². The van der Waals surface area contributed by atoms with E-state index in [0.717, 1.165) is 6.42 Å². The van der Waals surface area contributed by atoms with Crippen LogP contribution in [0, 0.1) is 0 Å². The van der Waals surface area contributed by atoms with Crippen LogP contribution in [0.5, 0.6) is 11.5 Å². The van der Waals surface area contributed by atoms with Gasteiger partial charge in [-0.3, -0.25) is 0 Å². The van der Waals surface area contributed by atoms with E-state index in [-0.39, 0.29) is 5.75 Å². The number of para-hydroxylation sites is 2. The fourth-order valence-electron chi connectivity index (χ4n) is 1.97. The molecule has 0 saturated carbocycles. The Morgan fingerprint density at radius 3 is 2.42 bits per heavy atom. The minimum atomic E-state index is 0.183. The summed E-state index contributed by atoms with van der Waals surface area (Å²) in [5.74, 6) is 0.696. The van der Waals surface area contributed by atoms with Gasteiger partial charge in [0.25, 0.3) is 0 Å². The van der Waals surface area contributed by atoms with E-state index in [2.05, 4.69) is 6.92 Å². The number of unbranched alkanes of at least 4 members (excludes halogenated alkanes) is 7. The fourth-order valence-corrected chi connectivity index (χ4v) is 1.97. The van der Waals surface area contributed by atoms with Gasteiger partial charge in [-0.05, 0) is 31.1 Å². The van der Waals surface area contributed by atoms with E-state index in [9.17, 15) is 5.11 Å². The van der Waals surface area contributed by atoms with Crippen molar-refractivity contribution in [3.8, 4) is 11.5 Å². The zero-order chi connectivity index (χ0) is 13.8. The van der Waals surface area contributed by atoms with E-state index in [4.69, 9.17) is 4.74 Å². The first-order valence-electron chi connectivity index (χ1n) is 7.44. The third kappa shape index (κ3) is 7.55. The van der Waals surface area contributed by atoms with Gasteiger partial charge in [0.2, 0.25) is 0 Å². The quantitative estimate of drug-likeness (QED) is 0.450. The monoisotopic (exact) mass is 262 g/mol. The van der Waals surface area contributed by atoms with Crippen molar-refractivity contribution in [1.82, 2.24) is 0 Å². The molecule has 2 nitrogen and oxygen atoms in total. The van der Waals surface area contributed by atoms with Gasteiger partial charge in [0, 0.05) is 0 Å². The number of ether oxygens (including phenoxy) is 1. The van der Waals surface area contributed by atoms with Crippen LogP contribution in [0.15, 0.2) is 36.6 Å². The van der Waals surface area contributed by atoms with Gasteiger partial charge in [-0.25, -0.2) is 0 Å². The number of phenols is 1. The van der Waals surface area contributed by atoms with Gasteiger partial charge in [0.1, 0.15) is 0 Å². The first kappa shape index (κ1) is 15.6. The molecule has 1 rings (SSSR count). The summed E-state index contributed by atoms with van der Waals surface area (Å²) in [5, 5.41) is 9.50. The van der Waals surface area contributed by atoms with E-state index in [0.29, 0.717) is 5.75 Å². The van der Waals surface area contributed by atoms with E-state index < -0.39 is 0 Å². The lowest BCUT2D eigenvalue weighted by Gasteiger charge is -2.02. The number of rotatable bonds is 10. The Kier molecular flexibility index (Phi) is 8.61. The van der Waals surface area contributed by atoms with Crippen LogP contribution in [0.3, 0.4) is 0 Å². The first-order valence-corrected chi connectivity index (χ1v) is 7.44. The molecule has 0 aromatic heterocycles. The van der Waals surface area contributed by atoms with E-state index in [1.54, 1.807) is 24.5 Å². The number of aromatic hydroxyl groups is 1. The highest BCUT2D eigenvalue weighted by Crippen LogP contribution is 2.24. The maximum Gasteiger partial charge on any atom is 0.168 e. The molecule has 0 fully saturated rings. The molecular formula is C17H26O2. The molecule has 0 heterocycles. The Morgan fingerprint density at radius 1 is 1.00 bits per heavy atom. The lowest BCUT2D eigenvalue weighted by Crippen LogP contribution is -1.83. The Bertz CT molecular complexity index is 358. The molecule has 0 bridgehead atoms. The highest BCUT2D eigenvalue weighted by molar-refractivity contribution is 5.38. The Balaban J connectivity index is 2.01. The topological polar surface area (TPSA) is 29.5 Å². The molecule has 1 aromatic rings. The minimum Gasteiger partial charge on any atom is -0.504 e. The Morgan fingerprint density at radius 2 is 1.68 bits per heavy atom. The molecule has 0 atom stereocenters. The van der Waals surface area contributed by atoms with E-state index >= 15 is 0 Å². The van der Waals surface area contributed by atoms with E-state index in [1.165, 1.54) is 44.9 Å². The second kappa shape index (κ2) is 10.5. The standard InChI is InChI=1S/C17H26O2/c1-2-3-4-5-6-7-8-9-12-15-19-17-14-11-10-13-16(17)18/h10-15,18H,2-9H2,1H3. The summed E-state index contributed by atoms with van der Waals surface area (Å²) in [6.45, 7) is 2.25. The molecule has 2 heteroatoms. The van der Waals surface area contributed by atoms with Crippen molar-refractivity contribution >= 4 is 0 Å². The summed E-state index contributed by atoms with van der Waals surface area (Å²) in [4.78, 5) is 0. The van der Waals surface area contributed by atoms with Gasteiger partial charge < -0.3 is 9.84 Å². The summed E-state index contributed by atoms with van der Waals surface area (Å²) in [5.41, 5.74) is 0. The van der Waals surface area contributed by atoms with E-state index in [1.807, 2.05) is 12.1 Å². The normalized spacial score (nSPS) is 11.0. The van der Waals surface area contributed by atoms with Gasteiger partial charge in [-0.1, -0.05) is 57.6 Å². The molecule has 0 amide bonds. The van der Waals surface area contributed by atoms with Crippen LogP contribution in [0.1, 0.15) is 58.3 Å². The molecule has 0 spiro atoms. The molecular weight excluding hydrogens is 236 g/mol. The number of phenolic OH excluding ortho intramolecular Hbond substituents is 1. The largest absolute Gasteiger partial charge is 0.504 e. The lowest BCUT2D eigenvalue weighted by molar-refractivity contribution is 0.409. The van der Waals surface area contributed by atoms with Crippen LogP contribution in [0.25, 0.3) is 0 Å². The second-order valence-corrected chi connectivity index (χ2v) is 4.87. The highest BCUT2D eigenvalue weighted by Gasteiger charge is 1.96. The third-order valence-electron chi connectivity index (χ3n) is 3.13. The SMILES string of the molecule is CCCCCCCCCC=COc1ccccc1O. The lowest BCUT2D eigenvalue weighted by atomic mass is 10.1. The summed E-state index contributed by atoms with van der Waals surface area (Å²) < 4.78 is 5.37. The van der Waals surface area contributed by atoms with Gasteiger partial charge in [0.15, 0.2) is 11.5 Å². The van der Waals surface area contributed by atoms with Crippen LogP contribution in [0.2, 0.25) is 0 Å². The van der Waals surface area contributed by atoms with Gasteiger partial charge in [-0.2, -0.15) is 0 Å². The van der Waals surface area contributed by atoms with Crippen LogP contribution < -0.4 is 4.74 Å². The van der Waals surface area contributed by atoms with Crippen molar-refractivity contribution in [2.75, 3.05) is 0 Å². The Hall–Kier alpha value is -1.44. The average Bonchev–Trinajstić information content (AvgIpc) is 2.43. The predicted molar refractivity (Wildman–Crippen MR) is 80.5 cm³/mol. The predicted octanol–water partition coefficient (Wildman–Crippen LogP) is 5.43. The molecule has 0 aliphatic carbocycles. The van der Waals surface area contributed by atoms with Crippen molar-refractivity contribution < 1.29 is 9.84 Å². The second-order valence-electron chi connectivity index (χ2n) is 4.87. The van der Waals surface area contributed by atoms with Gasteiger partial charge >= 0.3 is 0 Å². The first-order chi connectivity index (χ1) is 9.34. The van der Waals surface area contributed by atoms with Crippen LogP contribution in [-0.4, -0.2) is 5.11 Å². The summed E-state index contributed by atoms with van der Waals surface area (Å²) in [7, 11) is 0. The minimum absolute atomic E-state index is 0.183. The smallest absolute Gasteiger partial charge is 0.168 e. The maximum absolute atomic E-state index is 9.50. The number of benzene rings is 1. The number of hydrogen-bond donors (Lipinski definition) is 1. The van der Waals surface area contributed by atoms with Crippen molar-refractivity contribution in [3.63, 3.8) is 0 Å². The fraction of sp³-hybridized carbons (Fsp3) is 0.529. The summed E-state index contributed by atoms with van der Waals surface area (Å²) >= 11 is 0. The summed E-state index contributed by atoms with van der Waals surface area (Å²) in [6, 6.07) is 7.01. The van der Waals surface area contributed by atoms with Gasteiger partial charge in [0.05, 0.1) is 6.26 Å². The van der Waals surface area contributed by atoms with Crippen molar-refractivity contribution in [2.45, 2.75) is 58.3 Å². The molecule has 19 heavy (non-hydrogen) atoms. The average molecular weight is 262 g/mol. The molecule has 1 aromatic carbocycles. The molecule has 0 radical (unpaired) electrons. The van der Waals surface area contributed by atoms with Crippen molar-refractivity contribution in [1.29, 1.82) is 0 Å². The maximum atomic E-state index is 9.50. The molecule has 106 valence electrons. The molecule has 1 N–H and O–H groups in total. The van der Waals surface area contributed by atoms with Gasteiger partial charge in [-0.15, -0.1) is 0 Å². The van der Waals surface area contributed by atoms with Crippen LogP contribution in [0.4, 0.5) is 0 Å². The Labute approximate surface area is 117 Å². The van der Waals surface area contributed by atoms with Crippen LogP contribution in [-0.2, 0) is 0 Å². The number of hydrogen-bond acceptors (Lipinski definition) is 2. The zero-order valence-electron chi connectivity index (χ0n) is 12.0. The summed E-state index contributed by atoms with van der Waals surface area (Å²) in [6.07, 6.45) is 14.0. The molecule has 0 saturated heterocycles. The zero-order valence-corrected chi connectivity index (χ0v) is 12.0. The van der Waals surface area contributed by atoms with Crippen molar-refractivity contribution in [3.05, 3.63) is 36.6 Å².